The zero-order valence-corrected chi connectivity index (χ0v) is 15.1. The fraction of sp³-hybridized carbons (Fsp3) is 0.118. The van der Waals surface area contributed by atoms with Gasteiger partial charge < -0.3 is 9.47 Å². The van der Waals surface area contributed by atoms with Crippen LogP contribution < -0.4 is 9.47 Å². The number of ether oxygens (including phenoxy) is 2. The van der Waals surface area contributed by atoms with Crippen molar-refractivity contribution in [1.82, 2.24) is 14.9 Å². The molecule has 1 heterocycles. The summed E-state index contributed by atoms with van der Waals surface area (Å²) < 4.78 is 12.4. The standard InChI is InChI=1S/C17H15ClN4O2S/c1-23-14-8-12(13(18)9-15(14)24-2)10-19-22-16(20-21-17(22)25)11-6-4-3-5-7-11/h3-10H,1-2H3,(H,21,25)/b19-10-. The normalized spacial score (nSPS) is 11.0. The number of nitrogens with one attached hydrogen (secondary N) is 1. The molecule has 0 aliphatic heterocycles. The van der Waals surface area contributed by atoms with Gasteiger partial charge in [-0.3, -0.25) is 0 Å². The van der Waals surface area contributed by atoms with Crippen molar-refractivity contribution in [3.05, 3.63) is 57.8 Å². The molecule has 0 unspecified atom stereocenters. The van der Waals surface area contributed by atoms with E-state index < -0.39 is 0 Å². The molecule has 128 valence electrons. The molecule has 0 bridgehead atoms. The van der Waals surface area contributed by atoms with Crippen LogP contribution in [0.1, 0.15) is 5.56 Å². The van der Waals surface area contributed by atoms with Crippen molar-refractivity contribution in [2.24, 2.45) is 5.10 Å². The minimum Gasteiger partial charge on any atom is -0.493 e. The number of benzene rings is 2. The van der Waals surface area contributed by atoms with Gasteiger partial charge in [0.25, 0.3) is 0 Å². The van der Waals surface area contributed by atoms with Crippen LogP contribution in [0, 0.1) is 4.77 Å². The molecule has 2 aromatic carbocycles. The molecule has 0 saturated heterocycles. The van der Waals surface area contributed by atoms with Crippen LogP contribution in [-0.2, 0) is 0 Å². The molecule has 0 atom stereocenters. The Morgan fingerprint density at radius 3 is 2.52 bits per heavy atom. The van der Waals surface area contributed by atoms with Gasteiger partial charge in [-0.2, -0.15) is 14.9 Å². The maximum atomic E-state index is 6.29. The van der Waals surface area contributed by atoms with E-state index >= 15 is 0 Å². The summed E-state index contributed by atoms with van der Waals surface area (Å²) in [6, 6.07) is 13.1. The van der Waals surface area contributed by atoms with Crippen molar-refractivity contribution in [1.29, 1.82) is 0 Å². The van der Waals surface area contributed by atoms with Gasteiger partial charge in [-0.05, 0) is 18.3 Å². The molecule has 0 aliphatic carbocycles. The predicted octanol–water partition coefficient (Wildman–Crippen LogP) is 4.16. The third-order valence-electron chi connectivity index (χ3n) is 3.50. The molecule has 0 saturated carbocycles. The van der Waals surface area contributed by atoms with E-state index in [2.05, 4.69) is 15.3 Å². The van der Waals surface area contributed by atoms with Crippen molar-refractivity contribution in [2.75, 3.05) is 14.2 Å². The highest BCUT2D eigenvalue weighted by molar-refractivity contribution is 7.71. The second kappa shape index (κ2) is 7.50. The lowest BCUT2D eigenvalue weighted by Gasteiger charge is -2.09. The number of hydrogen-bond donors (Lipinski definition) is 1. The third-order valence-corrected chi connectivity index (χ3v) is 4.09. The molecule has 0 amide bonds. The van der Waals surface area contributed by atoms with Gasteiger partial charge in [0.2, 0.25) is 4.77 Å². The minimum absolute atomic E-state index is 0.381. The van der Waals surface area contributed by atoms with Crippen LogP contribution in [-0.4, -0.2) is 35.3 Å². The highest BCUT2D eigenvalue weighted by Crippen LogP contribution is 2.32. The lowest BCUT2D eigenvalue weighted by atomic mass is 10.2. The number of aromatic amines is 1. The van der Waals surface area contributed by atoms with Gasteiger partial charge in [0.05, 0.1) is 25.5 Å². The lowest BCUT2D eigenvalue weighted by Crippen LogP contribution is -1.97. The van der Waals surface area contributed by atoms with Crippen molar-refractivity contribution in [3.8, 4) is 22.9 Å². The van der Waals surface area contributed by atoms with Gasteiger partial charge in [0, 0.05) is 17.2 Å². The van der Waals surface area contributed by atoms with Crippen molar-refractivity contribution in [3.63, 3.8) is 0 Å². The molecule has 3 rings (SSSR count). The van der Waals surface area contributed by atoms with Gasteiger partial charge in [0.1, 0.15) is 0 Å². The lowest BCUT2D eigenvalue weighted by molar-refractivity contribution is 0.355. The Hall–Kier alpha value is -2.64. The maximum Gasteiger partial charge on any atom is 0.216 e. The Morgan fingerprint density at radius 1 is 1.16 bits per heavy atom. The van der Waals surface area contributed by atoms with E-state index in [0.29, 0.717) is 32.7 Å². The van der Waals surface area contributed by atoms with E-state index in [9.17, 15) is 0 Å². The highest BCUT2D eigenvalue weighted by atomic mass is 35.5. The molecule has 6 nitrogen and oxygen atoms in total. The summed E-state index contributed by atoms with van der Waals surface area (Å²) in [7, 11) is 3.12. The molecule has 0 spiro atoms. The number of hydrogen-bond acceptors (Lipinski definition) is 5. The van der Waals surface area contributed by atoms with Gasteiger partial charge in [-0.15, -0.1) is 0 Å². The fourth-order valence-corrected chi connectivity index (χ4v) is 2.64. The molecule has 0 aliphatic rings. The van der Waals surface area contributed by atoms with Crippen molar-refractivity contribution >= 4 is 30.0 Å². The van der Waals surface area contributed by atoms with E-state index in [1.54, 1.807) is 32.6 Å². The van der Waals surface area contributed by atoms with E-state index in [4.69, 9.17) is 33.3 Å². The van der Waals surface area contributed by atoms with Crippen molar-refractivity contribution < 1.29 is 9.47 Å². The smallest absolute Gasteiger partial charge is 0.216 e. The average molecular weight is 375 g/mol. The van der Waals surface area contributed by atoms with Crippen LogP contribution in [0.2, 0.25) is 5.02 Å². The monoisotopic (exact) mass is 374 g/mol. The Morgan fingerprint density at radius 2 is 1.84 bits per heavy atom. The topological polar surface area (TPSA) is 64.4 Å². The first-order chi connectivity index (χ1) is 12.1. The maximum absolute atomic E-state index is 6.29. The fourth-order valence-electron chi connectivity index (χ4n) is 2.26. The minimum atomic E-state index is 0.381. The SMILES string of the molecule is COc1cc(Cl)c(/C=N\n2c(-c3ccccc3)n[nH]c2=S)cc1OC. The van der Waals surface area contributed by atoms with Crippen LogP contribution in [0.5, 0.6) is 11.5 Å². The number of nitrogens with zero attached hydrogens (tertiary/aromatic N) is 3. The first-order valence-corrected chi connectivity index (χ1v) is 8.11. The number of methoxy groups -OCH3 is 2. The van der Waals surface area contributed by atoms with E-state index in [1.165, 1.54) is 4.68 Å². The molecular formula is C17H15ClN4O2S. The Labute approximate surface area is 154 Å². The molecule has 1 aromatic heterocycles. The van der Waals surface area contributed by atoms with E-state index in [-0.39, 0.29) is 0 Å². The Bertz CT molecular complexity index is 967. The first-order valence-electron chi connectivity index (χ1n) is 7.32. The molecular weight excluding hydrogens is 360 g/mol. The van der Waals surface area contributed by atoms with Crippen LogP contribution in [0.15, 0.2) is 47.6 Å². The summed E-state index contributed by atoms with van der Waals surface area (Å²) in [5.74, 6) is 1.72. The first kappa shape index (κ1) is 17.2. The summed E-state index contributed by atoms with van der Waals surface area (Å²) >= 11 is 11.6. The molecule has 0 radical (unpaired) electrons. The quantitative estimate of drug-likeness (QED) is 0.538. The second-order valence-electron chi connectivity index (χ2n) is 5.00. The van der Waals surface area contributed by atoms with Crippen LogP contribution in [0.4, 0.5) is 0 Å². The van der Waals surface area contributed by atoms with Crippen LogP contribution >= 0.6 is 23.8 Å². The number of H-pyrrole nitrogens is 1. The summed E-state index contributed by atoms with van der Waals surface area (Å²) in [4.78, 5) is 0. The summed E-state index contributed by atoms with van der Waals surface area (Å²) in [5, 5.41) is 11.9. The molecule has 25 heavy (non-hydrogen) atoms. The molecule has 8 heteroatoms. The van der Waals surface area contributed by atoms with Gasteiger partial charge >= 0.3 is 0 Å². The van der Waals surface area contributed by atoms with Gasteiger partial charge in [-0.1, -0.05) is 41.9 Å². The third kappa shape index (κ3) is 3.57. The van der Waals surface area contributed by atoms with Gasteiger partial charge in [0.15, 0.2) is 17.3 Å². The molecule has 0 fully saturated rings. The predicted molar refractivity (Wildman–Crippen MR) is 100 cm³/mol. The number of rotatable bonds is 5. The summed E-state index contributed by atoms with van der Waals surface area (Å²) in [6.45, 7) is 0. The largest absolute Gasteiger partial charge is 0.493 e. The average Bonchev–Trinajstić information content (AvgIpc) is 3.01. The zero-order chi connectivity index (χ0) is 17.8. The number of aromatic nitrogens is 3. The van der Waals surface area contributed by atoms with Gasteiger partial charge in [-0.25, -0.2) is 5.10 Å². The molecule has 3 aromatic rings. The Kier molecular flexibility index (Phi) is 5.16. The molecule has 1 N–H and O–H groups in total. The second-order valence-corrected chi connectivity index (χ2v) is 5.80. The highest BCUT2D eigenvalue weighted by Gasteiger charge is 2.10. The van der Waals surface area contributed by atoms with Crippen LogP contribution in [0.3, 0.4) is 0 Å². The Balaban J connectivity index is 2.01. The van der Waals surface area contributed by atoms with E-state index in [0.717, 1.165) is 5.56 Å². The number of halogens is 1. The van der Waals surface area contributed by atoms with E-state index in [1.807, 2.05) is 30.3 Å². The van der Waals surface area contributed by atoms with Crippen LogP contribution in [0.25, 0.3) is 11.4 Å². The summed E-state index contributed by atoms with van der Waals surface area (Å²) in [6.07, 6.45) is 1.60. The zero-order valence-electron chi connectivity index (χ0n) is 13.6. The summed E-state index contributed by atoms with van der Waals surface area (Å²) in [5.41, 5.74) is 1.56. The van der Waals surface area contributed by atoms with Crippen molar-refractivity contribution in [2.45, 2.75) is 0 Å².